The van der Waals surface area contributed by atoms with Crippen LogP contribution in [0.1, 0.15) is 23.2 Å². The van der Waals surface area contributed by atoms with Gasteiger partial charge in [0.05, 0.1) is 13.5 Å². The largest absolute Gasteiger partial charge is 0.497 e. The fraction of sp³-hybridized carbons (Fsp3) is 0.190. The summed E-state index contributed by atoms with van der Waals surface area (Å²) < 4.78 is 10.0. The highest BCUT2D eigenvalue weighted by atomic mass is 16.5. The summed E-state index contributed by atoms with van der Waals surface area (Å²) in [6.45, 7) is -0.378. The second-order valence-electron chi connectivity index (χ2n) is 6.14. The lowest BCUT2D eigenvalue weighted by molar-refractivity contribution is -0.143. The molecular weight excluding hydrogens is 360 g/mol. The Morgan fingerprint density at radius 3 is 2.71 bits per heavy atom. The van der Waals surface area contributed by atoms with Crippen molar-refractivity contribution in [3.05, 3.63) is 60.3 Å². The van der Waals surface area contributed by atoms with E-state index in [-0.39, 0.29) is 31.1 Å². The van der Waals surface area contributed by atoms with Crippen molar-refractivity contribution in [3.63, 3.8) is 0 Å². The molecule has 0 aliphatic rings. The molecule has 28 heavy (non-hydrogen) atoms. The van der Waals surface area contributed by atoms with Gasteiger partial charge in [0.25, 0.3) is 0 Å². The third-order valence-corrected chi connectivity index (χ3v) is 4.15. The lowest BCUT2D eigenvalue weighted by atomic mass is 10.1. The second-order valence-corrected chi connectivity index (χ2v) is 6.14. The molecule has 144 valence electrons. The minimum Gasteiger partial charge on any atom is -0.497 e. The molecule has 0 fully saturated rings. The zero-order valence-electron chi connectivity index (χ0n) is 15.4. The highest BCUT2D eigenvalue weighted by Crippen LogP contribution is 2.18. The van der Waals surface area contributed by atoms with Crippen LogP contribution in [-0.4, -0.2) is 36.4 Å². The maximum Gasteiger partial charge on any atom is 0.306 e. The molecule has 0 atom stereocenters. The Balaban J connectivity index is 1.43. The lowest BCUT2D eigenvalue weighted by Crippen LogP contribution is -2.17. The first-order valence-electron chi connectivity index (χ1n) is 8.75. The number of fused-ring (bicyclic) bond motifs is 1. The monoisotopic (exact) mass is 380 g/mol. The second kappa shape index (κ2) is 8.85. The number of rotatable bonds is 8. The Bertz CT molecular complexity index is 1010. The average molecular weight is 380 g/mol. The van der Waals surface area contributed by atoms with Crippen molar-refractivity contribution in [1.29, 1.82) is 0 Å². The first-order valence-corrected chi connectivity index (χ1v) is 8.75. The molecule has 0 unspecified atom stereocenters. The minimum atomic E-state index is -0.605. The van der Waals surface area contributed by atoms with Gasteiger partial charge in [0, 0.05) is 29.4 Å². The number of carbonyl (C=O) groups is 3. The van der Waals surface area contributed by atoms with Crippen molar-refractivity contribution in [2.24, 2.45) is 0 Å². The van der Waals surface area contributed by atoms with Crippen LogP contribution in [0.25, 0.3) is 10.9 Å². The summed E-state index contributed by atoms with van der Waals surface area (Å²) in [4.78, 5) is 39.0. The predicted octanol–water partition coefficient (Wildman–Crippen LogP) is 3.32. The third-order valence-electron chi connectivity index (χ3n) is 4.15. The van der Waals surface area contributed by atoms with Gasteiger partial charge >= 0.3 is 5.97 Å². The zero-order chi connectivity index (χ0) is 19.9. The van der Waals surface area contributed by atoms with E-state index in [0.29, 0.717) is 17.0 Å². The van der Waals surface area contributed by atoms with Crippen LogP contribution in [0.5, 0.6) is 5.75 Å². The van der Waals surface area contributed by atoms with Crippen molar-refractivity contribution in [1.82, 2.24) is 4.98 Å². The van der Waals surface area contributed by atoms with Crippen LogP contribution in [0.2, 0.25) is 0 Å². The molecule has 2 aromatic carbocycles. The van der Waals surface area contributed by atoms with Gasteiger partial charge in [-0.15, -0.1) is 0 Å². The molecule has 0 saturated heterocycles. The van der Waals surface area contributed by atoms with E-state index in [1.165, 1.54) is 7.11 Å². The summed E-state index contributed by atoms with van der Waals surface area (Å²) >= 11 is 0. The zero-order valence-corrected chi connectivity index (χ0v) is 15.4. The first-order chi connectivity index (χ1) is 13.5. The number of amides is 1. The number of Topliss-reactive ketones (excluding diaryl/α,β-unsaturated/α-hetero) is 1. The lowest BCUT2D eigenvalue weighted by Gasteiger charge is -2.07. The number of benzene rings is 2. The topological polar surface area (TPSA) is 97.5 Å². The molecule has 1 heterocycles. The maximum absolute atomic E-state index is 12.1. The third kappa shape index (κ3) is 4.97. The number of aromatic amines is 1. The Hall–Kier alpha value is -3.61. The van der Waals surface area contributed by atoms with E-state index in [1.807, 2.05) is 24.4 Å². The molecule has 2 N–H and O–H groups in total. The first kappa shape index (κ1) is 19.2. The molecule has 3 rings (SSSR count). The van der Waals surface area contributed by atoms with Crippen molar-refractivity contribution < 1.29 is 23.9 Å². The highest BCUT2D eigenvalue weighted by Gasteiger charge is 2.13. The SMILES string of the molecule is COc1cccc(C(=O)COC(=O)CCC(=O)Nc2ccc3cc[nH]c3c2)c1. The number of ketones is 1. The number of anilines is 1. The molecule has 7 nitrogen and oxygen atoms in total. The molecule has 0 radical (unpaired) electrons. The van der Waals surface area contributed by atoms with E-state index in [4.69, 9.17) is 9.47 Å². The van der Waals surface area contributed by atoms with Crippen LogP contribution in [0, 0.1) is 0 Å². The smallest absolute Gasteiger partial charge is 0.306 e. The molecule has 0 aliphatic carbocycles. The standard InChI is InChI=1S/C21H20N2O5/c1-27-17-4-2-3-15(11-17)19(24)13-28-21(26)8-7-20(25)23-16-6-5-14-9-10-22-18(14)12-16/h2-6,9-12,22H,7-8,13H2,1H3,(H,23,25). The van der Waals surface area contributed by atoms with Crippen LogP contribution >= 0.6 is 0 Å². The fourth-order valence-corrected chi connectivity index (χ4v) is 2.66. The molecule has 0 bridgehead atoms. The number of methoxy groups -OCH3 is 1. The van der Waals surface area contributed by atoms with E-state index >= 15 is 0 Å². The Labute approximate surface area is 161 Å². The summed E-state index contributed by atoms with van der Waals surface area (Å²) in [6.07, 6.45) is 1.68. The van der Waals surface area contributed by atoms with Crippen molar-refractivity contribution in [3.8, 4) is 5.75 Å². The highest BCUT2D eigenvalue weighted by molar-refractivity contribution is 5.98. The maximum atomic E-state index is 12.1. The van der Waals surface area contributed by atoms with Crippen molar-refractivity contribution in [2.45, 2.75) is 12.8 Å². The number of hydrogen-bond acceptors (Lipinski definition) is 5. The molecule has 0 aliphatic heterocycles. The van der Waals surface area contributed by atoms with E-state index in [1.54, 1.807) is 30.3 Å². The minimum absolute atomic E-state index is 0.0328. The summed E-state index contributed by atoms with van der Waals surface area (Å²) in [5.74, 6) is -0.699. The normalized spacial score (nSPS) is 10.5. The number of ether oxygens (including phenoxy) is 2. The summed E-state index contributed by atoms with van der Waals surface area (Å²) in [5, 5.41) is 3.78. The average Bonchev–Trinajstić information content (AvgIpc) is 3.18. The van der Waals surface area contributed by atoms with Crippen LogP contribution in [0.3, 0.4) is 0 Å². The number of carbonyl (C=O) groups excluding carboxylic acids is 3. The Kier molecular flexibility index (Phi) is 6.06. The van der Waals surface area contributed by atoms with E-state index in [0.717, 1.165) is 10.9 Å². The number of H-pyrrole nitrogens is 1. The molecule has 0 spiro atoms. The molecule has 7 heteroatoms. The summed E-state index contributed by atoms with van der Waals surface area (Å²) in [5.41, 5.74) is 1.94. The number of esters is 1. The van der Waals surface area contributed by atoms with Gasteiger partial charge in [-0.1, -0.05) is 18.2 Å². The molecule has 0 saturated carbocycles. The molecule has 3 aromatic rings. The van der Waals surface area contributed by atoms with Crippen LogP contribution < -0.4 is 10.1 Å². The number of hydrogen-bond donors (Lipinski definition) is 2. The van der Waals surface area contributed by atoms with Crippen molar-refractivity contribution >= 4 is 34.3 Å². The van der Waals surface area contributed by atoms with Gasteiger partial charge in [-0.05, 0) is 35.7 Å². The van der Waals surface area contributed by atoms with Gasteiger partial charge in [0.1, 0.15) is 5.75 Å². The van der Waals surface area contributed by atoms with Gasteiger partial charge in [-0.3, -0.25) is 14.4 Å². The van der Waals surface area contributed by atoms with Crippen LogP contribution in [0.4, 0.5) is 5.69 Å². The molecular formula is C21H20N2O5. The van der Waals surface area contributed by atoms with Crippen LogP contribution in [0.15, 0.2) is 54.7 Å². The predicted molar refractivity (Wildman–Crippen MR) is 104 cm³/mol. The van der Waals surface area contributed by atoms with Gasteiger partial charge in [0.2, 0.25) is 5.91 Å². The van der Waals surface area contributed by atoms with E-state index < -0.39 is 5.97 Å². The number of nitrogens with one attached hydrogen (secondary N) is 2. The van der Waals surface area contributed by atoms with Gasteiger partial charge in [0.15, 0.2) is 12.4 Å². The molecule has 1 aromatic heterocycles. The van der Waals surface area contributed by atoms with Gasteiger partial charge < -0.3 is 19.8 Å². The quantitative estimate of drug-likeness (QED) is 0.461. The Morgan fingerprint density at radius 1 is 1.04 bits per heavy atom. The van der Waals surface area contributed by atoms with Gasteiger partial charge in [-0.2, -0.15) is 0 Å². The van der Waals surface area contributed by atoms with Gasteiger partial charge in [-0.25, -0.2) is 0 Å². The van der Waals surface area contributed by atoms with Crippen molar-refractivity contribution in [2.75, 3.05) is 19.0 Å². The van der Waals surface area contributed by atoms with E-state index in [9.17, 15) is 14.4 Å². The Morgan fingerprint density at radius 2 is 1.89 bits per heavy atom. The summed E-state index contributed by atoms with van der Waals surface area (Å²) in [7, 11) is 1.50. The number of aromatic nitrogens is 1. The van der Waals surface area contributed by atoms with E-state index in [2.05, 4.69) is 10.3 Å². The van der Waals surface area contributed by atoms with Crippen LogP contribution in [-0.2, 0) is 14.3 Å². The fourth-order valence-electron chi connectivity index (χ4n) is 2.66. The molecule has 1 amide bonds. The summed E-state index contributed by atoms with van der Waals surface area (Å²) in [6, 6.07) is 14.0.